The monoisotopic (exact) mass is 342 g/mol. The molecule has 7 heteroatoms. The Morgan fingerprint density at radius 3 is 1.64 bits per heavy atom. The third-order valence-corrected chi connectivity index (χ3v) is 4.23. The van der Waals surface area contributed by atoms with E-state index >= 15 is 0 Å². The molecule has 128 valence electrons. The fourth-order valence-corrected chi connectivity index (χ4v) is 2.24. The first kappa shape index (κ1) is 30.8. The summed E-state index contributed by atoms with van der Waals surface area (Å²) >= 11 is 0. The van der Waals surface area contributed by atoms with Crippen LogP contribution in [0.4, 0.5) is 0 Å². The summed E-state index contributed by atoms with van der Waals surface area (Å²) in [6, 6.07) is 0. The van der Waals surface area contributed by atoms with Gasteiger partial charge in [0.25, 0.3) is 0 Å². The highest BCUT2D eigenvalue weighted by Crippen LogP contribution is 2.18. The van der Waals surface area contributed by atoms with Gasteiger partial charge in [-0.1, -0.05) is 78.3 Å². The molecule has 0 atom stereocenters. The van der Waals surface area contributed by atoms with Crippen molar-refractivity contribution in [3.8, 4) is 0 Å². The minimum Gasteiger partial charge on any atom is -0.382 e. The van der Waals surface area contributed by atoms with Gasteiger partial charge in [-0.2, -0.15) is 0 Å². The van der Waals surface area contributed by atoms with Gasteiger partial charge in [0.1, 0.15) is 29.1 Å². The van der Waals surface area contributed by atoms with Gasteiger partial charge >= 0.3 is 0 Å². The van der Waals surface area contributed by atoms with Gasteiger partial charge in [0.2, 0.25) is 0 Å². The van der Waals surface area contributed by atoms with E-state index in [1.54, 1.807) is 0 Å². The molecule has 22 heavy (non-hydrogen) atoms. The predicted octanol–water partition coefficient (Wildman–Crippen LogP) is 5.64. The van der Waals surface area contributed by atoms with Crippen LogP contribution in [0.5, 0.6) is 0 Å². The van der Waals surface area contributed by atoms with Gasteiger partial charge in [0, 0.05) is 19.0 Å². The Labute approximate surface area is 154 Å². The molecular formula is C15H38B4OS2. The normalized spacial score (nSPS) is 8.00. The Bertz CT molecular complexity index is 124. The van der Waals surface area contributed by atoms with Crippen molar-refractivity contribution in [1.82, 2.24) is 0 Å². The van der Waals surface area contributed by atoms with Crippen molar-refractivity contribution >= 4 is 50.7 Å². The maximum atomic E-state index is 5.19. The lowest BCUT2D eigenvalue weighted by atomic mass is 9.79. The third kappa shape index (κ3) is 69.6. The van der Waals surface area contributed by atoms with Gasteiger partial charge in [-0.15, -0.1) is 10.8 Å². The third-order valence-electron chi connectivity index (χ3n) is 1.74. The van der Waals surface area contributed by atoms with Crippen molar-refractivity contribution in [2.24, 2.45) is 0 Å². The summed E-state index contributed by atoms with van der Waals surface area (Å²) < 4.78 is 5.19. The zero-order valence-corrected chi connectivity index (χ0v) is 18.1. The van der Waals surface area contributed by atoms with Gasteiger partial charge in [-0.25, -0.2) is 0 Å². The summed E-state index contributed by atoms with van der Waals surface area (Å²) in [5.41, 5.74) is 1.18. The maximum absolute atomic E-state index is 5.19. The molecular weight excluding hydrogens is 304 g/mol. The van der Waals surface area contributed by atoms with Gasteiger partial charge in [-0.3, -0.25) is 0 Å². The van der Waals surface area contributed by atoms with Crippen molar-refractivity contribution < 1.29 is 4.74 Å². The molecule has 0 saturated heterocycles. The molecule has 0 saturated carbocycles. The van der Waals surface area contributed by atoms with Crippen LogP contribution in [-0.4, -0.2) is 53.7 Å². The lowest BCUT2D eigenvalue weighted by molar-refractivity contribution is 0.148. The second-order valence-electron chi connectivity index (χ2n) is 4.30. The van der Waals surface area contributed by atoms with Crippen LogP contribution in [0.1, 0.15) is 27.2 Å². The van der Waals surface area contributed by atoms with Crippen molar-refractivity contribution in [2.75, 3.05) is 24.6 Å². The summed E-state index contributed by atoms with van der Waals surface area (Å²) in [4.78, 5) is 0. The maximum Gasteiger partial charge on any atom is 0.120 e. The van der Waals surface area contributed by atoms with Crippen LogP contribution in [0.3, 0.4) is 0 Å². The minimum atomic E-state index is 0.893. The highest BCUT2D eigenvalue weighted by molar-refractivity contribution is 8.77. The van der Waals surface area contributed by atoms with Crippen LogP contribution >= 0.6 is 21.6 Å². The molecule has 0 aliphatic rings. The first-order valence-corrected chi connectivity index (χ1v) is 11.0. The van der Waals surface area contributed by atoms with E-state index < -0.39 is 0 Å². The standard InChI is InChI=1S/C6H14BO.C4H10BS2.C3H8B.C2H6B/c1-3-5-8-6-4-7-2;1-3-6-7-4-5-2;1-3-4-2;1-3-2/h3-6H2,1-2H3;3-4H2,1-2H3;3H2,1-2H3;1-2H3. The van der Waals surface area contributed by atoms with Crippen molar-refractivity contribution in [3.63, 3.8) is 0 Å². The van der Waals surface area contributed by atoms with Crippen molar-refractivity contribution in [3.05, 3.63) is 0 Å². The van der Waals surface area contributed by atoms with E-state index in [0.29, 0.717) is 0 Å². The smallest absolute Gasteiger partial charge is 0.120 e. The summed E-state index contributed by atoms with van der Waals surface area (Å²) in [5.74, 6) is 1.22. The van der Waals surface area contributed by atoms with Gasteiger partial charge in [-0.05, 0) is 12.1 Å². The Balaban J connectivity index is -0.000000105. The van der Waals surface area contributed by atoms with Crippen LogP contribution in [-0.2, 0) is 4.74 Å². The Morgan fingerprint density at radius 2 is 1.32 bits per heavy atom. The van der Waals surface area contributed by atoms with E-state index in [1.807, 2.05) is 42.5 Å². The highest BCUT2D eigenvalue weighted by atomic mass is 33.1. The minimum absolute atomic E-state index is 0.893. The van der Waals surface area contributed by atoms with Crippen LogP contribution in [0, 0.1) is 0 Å². The number of ether oxygens (including phenoxy) is 1. The van der Waals surface area contributed by atoms with Crippen LogP contribution < -0.4 is 0 Å². The molecule has 0 spiro atoms. The molecule has 0 amide bonds. The average Bonchev–Trinajstić information content (AvgIpc) is 2.54. The SMILES string of the molecule is C[B]C.C[B]CC.C[B]CCOCCC.C[B]CSSCC. The zero-order chi connectivity index (χ0) is 17.9. The first-order valence-electron chi connectivity index (χ1n) is 8.55. The Hall–Kier alpha value is 0.920. The van der Waals surface area contributed by atoms with Gasteiger partial charge in [0.05, 0.1) is 0 Å². The molecule has 0 unspecified atom stereocenters. The molecule has 0 heterocycles. The number of hydrogen-bond acceptors (Lipinski definition) is 3. The van der Waals surface area contributed by atoms with Crippen molar-refractivity contribution in [1.29, 1.82) is 0 Å². The van der Waals surface area contributed by atoms with E-state index in [-0.39, 0.29) is 0 Å². The van der Waals surface area contributed by atoms with Crippen LogP contribution in [0.25, 0.3) is 0 Å². The molecule has 0 rings (SSSR count). The Kier molecular flexibility index (Phi) is 60.3. The fraction of sp³-hybridized carbons (Fsp3) is 1.00. The highest BCUT2D eigenvalue weighted by Gasteiger charge is 1.83. The largest absolute Gasteiger partial charge is 0.382 e. The van der Waals surface area contributed by atoms with Gasteiger partial charge < -0.3 is 4.74 Å². The fourth-order valence-electron chi connectivity index (χ4n) is 0.647. The summed E-state index contributed by atoms with van der Waals surface area (Å²) in [7, 11) is 12.3. The predicted molar refractivity (Wildman–Crippen MR) is 119 cm³/mol. The molecule has 0 aromatic rings. The van der Waals surface area contributed by atoms with E-state index in [1.165, 1.54) is 17.7 Å². The summed E-state index contributed by atoms with van der Waals surface area (Å²) in [5, 5.41) is 0. The zero-order valence-electron chi connectivity index (χ0n) is 16.5. The van der Waals surface area contributed by atoms with Crippen LogP contribution in [0.2, 0.25) is 46.8 Å². The lowest BCUT2D eigenvalue weighted by Crippen LogP contribution is -1.96. The van der Waals surface area contributed by atoms with E-state index in [4.69, 9.17) is 4.74 Å². The molecule has 0 bridgehead atoms. The molecule has 0 fully saturated rings. The van der Waals surface area contributed by atoms with E-state index in [2.05, 4.69) is 63.1 Å². The number of hydrogen-bond donors (Lipinski definition) is 0. The molecule has 1 nitrogen and oxygen atoms in total. The van der Waals surface area contributed by atoms with Crippen LogP contribution in [0.15, 0.2) is 0 Å². The molecule has 0 aliphatic carbocycles. The van der Waals surface area contributed by atoms with E-state index in [9.17, 15) is 0 Å². The molecule has 0 N–H and O–H groups in total. The summed E-state index contributed by atoms with van der Waals surface area (Å²) in [6.45, 7) is 18.4. The van der Waals surface area contributed by atoms with Crippen molar-refractivity contribution in [2.45, 2.75) is 73.9 Å². The molecule has 4 radical (unpaired) electrons. The Morgan fingerprint density at radius 1 is 0.773 bits per heavy atom. The molecule has 0 aliphatic heterocycles. The van der Waals surface area contributed by atoms with Gasteiger partial charge in [0.15, 0.2) is 0 Å². The van der Waals surface area contributed by atoms with E-state index in [0.717, 1.165) is 26.0 Å². The lowest BCUT2D eigenvalue weighted by Gasteiger charge is -1.97. The average molecular weight is 342 g/mol. The summed E-state index contributed by atoms with van der Waals surface area (Å²) in [6.07, 6.45) is 3.41. The molecule has 0 aromatic carbocycles. The number of rotatable bonds is 10. The quantitative estimate of drug-likeness (QED) is 0.289. The molecule has 0 aromatic heterocycles. The topological polar surface area (TPSA) is 9.23 Å². The second kappa shape index (κ2) is 43.1. The first-order chi connectivity index (χ1) is 10.7. The second-order valence-corrected chi connectivity index (χ2v) is 7.10.